The van der Waals surface area contributed by atoms with Gasteiger partial charge in [0.2, 0.25) is 0 Å². The minimum Gasteiger partial charge on any atom is -0.469 e. The summed E-state index contributed by atoms with van der Waals surface area (Å²) >= 11 is 0. The maximum absolute atomic E-state index is 5.33. The van der Waals surface area contributed by atoms with E-state index < -0.39 is 0 Å². The normalized spacial score (nSPS) is 11.7. The van der Waals surface area contributed by atoms with Crippen LogP contribution in [0, 0.1) is 0 Å². The molecule has 0 spiro atoms. The average Bonchev–Trinajstić information content (AvgIpc) is 3.17. The van der Waals surface area contributed by atoms with Crippen LogP contribution in [0.5, 0.6) is 0 Å². The van der Waals surface area contributed by atoms with E-state index in [1.54, 1.807) is 13.3 Å². The third-order valence-electron chi connectivity index (χ3n) is 3.93. The Labute approximate surface area is 138 Å². The summed E-state index contributed by atoms with van der Waals surface area (Å²) < 4.78 is 7.32. The minimum absolute atomic E-state index is 0.737. The van der Waals surface area contributed by atoms with E-state index in [2.05, 4.69) is 34.6 Å². The Balaban J connectivity index is 1.90. The molecule has 0 saturated heterocycles. The minimum atomic E-state index is 0.737. The number of hydrogen-bond acceptors (Lipinski definition) is 3. The molecule has 2 heterocycles. The van der Waals surface area contributed by atoms with Gasteiger partial charge in [-0.15, -0.1) is 0 Å². The standard InChI is InChI=1S/C17H27N5O/c1-5-15-14(16(6-2)22(4)21-15)12-20-17(18-3)19-10-9-13-8-7-11-23-13/h7-8,11H,5-6,9-10,12H2,1-4H3,(H2,18,19,20). The maximum Gasteiger partial charge on any atom is 0.191 e. The second-order valence-corrected chi connectivity index (χ2v) is 5.38. The molecular formula is C17H27N5O. The molecule has 0 amide bonds. The van der Waals surface area contributed by atoms with Crippen LogP contribution in [0.1, 0.15) is 36.6 Å². The number of nitrogens with zero attached hydrogens (tertiary/aromatic N) is 3. The summed E-state index contributed by atoms with van der Waals surface area (Å²) in [6.45, 7) is 5.82. The van der Waals surface area contributed by atoms with Crippen LogP contribution in [0.2, 0.25) is 0 Å². The van der Waals surface area contributed by atoms with Gasteiger partial charge in [0.25, 0.3) is 0 Å². The topological polar surface area (TPSA) is 67.4 Å². The lowest BCUT2D eigenvalue weighted by atomic mass is 10.1. The van der Waals surface area contributed by atoms with E-state index in [1.165, 1.54) is 11.3 Å². The Morgan fingerprint density at radius 2 is 2.13 bits per heavy atom. The first-order valence-corrected chi connectivity index (χ1v) is 8.20. The number of hydrogen-bond donors (Lipinski definition) is 2. The van der Waals surface area contributed by atoms with Gasteiger partial charge in [0.15, 0.2) is 5.96 Å². The summed E-state index contributed by atoms with van der Waals surface area (Å²) in [5.74, 6) is 1.77. The molecule has 0 aromatic carbocycles. The molecule has 0 aliphatic rings. The molecule has 0 aliphatic heterocycles. The fourth-order valence-electron chi connectivity index (χ4n) is 2.75. The predicted octanol–water partition coefficient (Wildman–Crippen LogP) is 2.05. The molecule has 6 nitrogen and oxygen atoms in total. The van der Waals surface area contributed by atoms with Gasteiger partial charge < -0.3 is 15.1 Å². The molecular weight excluding hydrogens is 290 g/mol. The van der Waals surface area contributed by atoms with Gasteiger partial charge in [0.05, 0.1) is 12.0 Å². The third-order valence-corrected chi connectivity index (χ3v) is 3.93. The van der Waals surface area contributed by atoms with Gasteiger partial charge in [0.1, 0.15) is 5.76 Å². The van der Waals surface area contributed by atoms with Crippen molar-refractivity contribution in [2.75, 3.05) is 13.6 Å². The second-order valence-electron chi connectivity index (χ2n) is 5.38. The lowest BCUT2D eigenvalue weighted by molar-refractivity contribution is 0.507. The summed E-state index contributed by atoms with van der Waals surface area (Å²) in [7, 11) is 3.80. The molecule has 2 aromatic rings. The van der Waals surface area contributed by atoms with Crippen LogP contribution in [0.4, 0.5) is 0 Å². The van der Waals surface area contributed by atoms with Crippen molar-refractivity contribution in [2.45, 2.75) is 39.7 Å². The molecule has 0 atom stereocenters. The zero-order chi connectivity index (χ0) is 16.7. The number of aliphatic imine (C=N–C) groups is 1. The fourth-order valence-corrected chi connectivity index (χ4v) is 2.75. The molecule has 0 saturated carbocycles. The lowest BCUT2D eigenvalue weighted by Gasteiger charge is -2.12. The Kier molecular flexibility index (Phi) is 6.26. The summed E-state index contributed by atoms with van der Waals surface area (Å²) in [5.41, 5.74) is 3.72. The quantitative estimate of drug-likeness (QED) is 0.606. The SMILES string of the molecule is CCc1nn(C)c(CC)c1CNC(=NC)NCCc1ccco1. The van der Waals surface area contributed by atoms with Crippen molar-refractivity contribution in [2.24, 2.45) is 12.0 Å². The monoisotopic (exact) mass is 317 g/mol. The lowest BCUT2D eigenvalue weighted by Crippen LogP contribution is -2.38. The van der Waals surface area contributed by atoms with E-state index in [4.69, 9.17) is 4.42 Å². The Hall–Kier alpha value is -2.24. The number of guanidine groups is 1. The molecule has 0 aliphatic carbocycles. The van der Waals surface area contributed by atoms with Crippen molar-refractivity contribution in [3.05, 3.63) is 41.1 Å². The largest absolute Gasteiger partial charge is 0.469 e. The number of rotatable bonds is 7. The van der Waals surface area contributed by atoms with Crippen LogP contribution in [0.25, 0.3) is 0 Å². The molecule has 0 bridgehead atoms. The predicted molar refractivity (Wildman–Crippen MR) is 92.6 cm³/mol. The van der Waals surface area contributed by atoms with Crippen LogP contribution in [-0.2, 0) is 32.9 Å². The molecule has 0 fully saturated rings. The first-order chi connectivity index (χ1) is 11.2. The molecule has 2 aromatic heterocycles. The summed E-state index contributed by atoms with van der Waals surface area (Å²) in [6.07, 6.45) is 4.45. The van der Waals surface area contributed by atoms with Gasteiger partial charge in [-0.05, 0) is 25.0 Å². The van der Waals surface area contributed by atoms with Crippen molar-refractivity contribution in [3.63, 3.8) is 0 Å². The molecule has 23 heavy (non-hydrogen) atoms. The van der Waals surface area contributed by atoms with Crippen molar-refractivity contribution in [3.8, 4) is 0 Å². The van der Waals surface area contributed by atoms with Gasteiger partial charge in [-0.25, -0.2) is 0 Å². The van der Waals surface area contributed by atoms with Gasteiger partial charge in [-0.2, -0.15) is 5.10 Å². The summed E-state index contributed by atoms with van der Waals surface area (Å²) in [6, 6.07) is 3.89. The van der Waals surface area contributed by atoms with Crippen molar-refractivity contribution < 1.29 is 4.42 Å². The van der Waals surface area contributed by atoms with E-state index in [-0.39, 0.29) is 0 Å². The molecule has 2 N–H and O–H groups in total. The molecule has 2 rings (SSSR count). The highest BCUT2D eigenvalue weighted by molar-refractivity contribution is 5.79. The average molecular weight is 317 g/mol. The van der Waals surface area contributed by atoms with Crippen molar-refractivity contribution in [1.82, 2.24) is 20.4 Å². The maximum atomic E-state index is 5.33. The van der Waals surface area contributed by atoms with Gasteiger partial charge in [-0.3, -0.25) is 9.67 Å². The zero-order valence-corrected chi connectivity index (χ0v) is 14.5. The van der Waals surface area contributed by atoms with Gasteiger partial charge in [-0.1, -0.05) is 13.8 Å². The smallest absolute Gasteiger partial charge is 0.191 e. The number of aryl methyl sites for hydroxylation is 2. The van der Waals surface area contributed by atoms with Crippen LogP contribution in [0.3, 0.4) is 0 Å². The van der Waals surface area contributed by atoms with Gasteiger partial charge >= 0.3 is 0 Å². The van der Waals surface area contributed by atoms with Crippen molar-refractivity contribution in [1.29, 1.82) is 0 Å². The Morgan fingerprint density at radius 1 is 1.30 bits per heavy atom. The Morgan fingerprint density at radius 3 is 2.74 bits per heavy atom. The highest BCUT2D eigenvalue weighted by Crippen LogP contribution is 2.15. The third kappa shape index (κ3) is 4.37. The summed E-state index contributed by atoms with van der Waals surface area (Å²) in [5, 5.41) is 11.3. The molecule has 0 unspecified atom stereocenters. The van der Waals surface area contributed by atoms with E-state index >= 15 is 0 Å². The van der Waals surface area contributed by atoms with Crippen LogP contribution < -0.4 is 10.6 Å². The van der Waals surface area contributed by atoms with Crippen molar-refractivity contribution >= 4 is 5.96 Å². The number of furan rings is 1. The van der Waals surface area contributed by atoms with E-state index in [0.717, 1.165) is 49.8 Å². The van der Waals surface area contributed by atoms with E-state index in [9.17, 15) is 0 Å². The Bertz CT molecular complexity index is 628. The second kappa shape index (κ2) is 8.41. The molecule has 126 valence electrons. The highest BCUT2D eigenvalue weighted by atomic mass is 16.3. The zero-order valence-electron chi connectivity index (χ0n) is 14.5. The highest BCUT2D eigenvalue weighted by Gasteiger charge is 2.13. The van der Waals surface area contributed by atoms with Crippen LogP contribution in [-0.4, -0.2) is 29.3 Å². The molecule has 0 radical (unpaired) electrons. The van der Waals surface area contributed by atoms with Gasteiger partial charge in [0, 0.05) is 44.9 Å². The number of aromatic nitrogens is 2. The van der Waals surface area contributed by atoms with E-state index in [0.29, 0.717) is 0 Å². The van der Waals surface area contributed by atoms with Crippen LogP contribution in [0.15, 0.2) is 27.8 Å². The number of nitrogens with one attached hydrogen (secondary N) is 2. The summed E-state index contributed by atoms with van der Waals surface area (Å²) in [4.78, 5) is 4.28. The fraction of sp³-hybridized carbons (Fsp3) is 0.529. The molecule has 6 heteroatoms. The first-order valence-electron chi connectivity index (χ1n) is 8.20. The van der Waals surface area contributed by atoms with E-state index in [1.807, 2.05) is 23.9 Å². The van der Waals surface area contributed by atoms with Crippen LogP contribution >= 0.6 is 0 Å². The first kappa shape index (κ1) is 17.1.